The van der Waals surface area contributed by atoms with Crippen LogP contribution in [0.15, 0.2) is 83.6 Å². The molecule has 0 saturated heterocycles. The second kappa shape index (κ2) is 10.1. The molecule has 40 heavy (non-hydrogen) atoms. The van der Waals surface area contributed by atoms with Crippen LogP contribution < -0.4 is 4.74 Å². The first-order valence-corrected chi connectivity index (χ1v) is 14.6. The van der Waals surface area contributed by atoms with Gasteiger partial charge in [0.05, 0.1) is 29.0 Å². The Hall–Kier alpha value is -4.16. The molecule has 6 heteroatoms. The third-order valence-corrected chi connectivity index (χ3v) is 8.35. The Labute approximate surface area is 240 Å². The van der Waals surface area contributed by atoms with Gasteiger partial charge >= 0.3 is 0 Å². The number of pyridine rings is 2. The molecular formula is C34H29BrN4O. The quantitative estimate of drug-likeness (QED) is 0.216. The molecular weight excluding hydrogens is 560 g/mol. The van der Waals surface area contributed by atoms with Gasteiger partial charge in [0, 0.05) is 55.9 Å². The van der Waals surface area contributed by atoms with Crippen molar-refractivity contribution in [2.45, 2.75) is 33.1 Å². The summed E-state index contributed by atoms with van der Waals surface area (Å²) in [6.45, 7) is 5.07. The summed E-state index contributed by atoms with van der Waals surface area (Å²) in [5, 5.41) is 5.02. The van der Waals surface area contributed by atoms with Gasteiger partial charge in [0.25, 0.3) is 0 Å². The minimum Gasteiger partial charge on any atom is -0.493 e. The monoisotopic (exact) mass is 588 g/mol. The van der Waals surface area contributed by atoms with Crippen LogP contribution in [0.1, 0.15) is 30.8 Å². The van der Waals surface area contributed by atoms with E-state index in [1.165, 1.54) is 49.3 Å². The second-order valence-corrected chi connectivity index (χ2v) is 11.1. The van der Waals surface area contributed by atoms with Crippen molar-refractivity contribution in [3.63, 3.8) is 0 Å². The lowest BCUT2D eigenvalue weighted by Gasteiger charge is -2.05. The van der Waals surface area contributed by atoms with Crippen LogP contribution in [0.3, 0.4) is 0 Å². The number of benzene rings is 3. The molecule has 7 aromatic rings. The number of rotatable bonds is 3. The molecule has 4 aromatic heterocycles. The second-order valence-electron chi connectivity index (χ2n) is 10.2. The van der Waals surface area contributed by atoms with Crippen LogP contribution in [-0.2, 0) is 19.3 Å². The maximum Gasteiger partial charge on any atom is 0.122 e. The number of fused-ring (bicyclic) bond motifs is 7. The Bertz CT molecular complexity index is 2040. The van der Waals surface area contributed by atoms with E-state index in [2.05, 4.69) is 116 Å². The Morgan fingerprint density at radius 1 is 0.700 bits per heavy atom. The van der Waals surface area contributed by atoms with Crippen LogP contribution in [-0.4, -0.2) is 26.5 Å². The van der Waals surface area contributed by atoms with E-state index >= 15 is 0 Å². The molecule has 5 heterocycles. The molecule has 0 amide bonds. The summed E-state index contributed by atoms with van der Waals surface area (Å²) in [7, 11) is 0. The molecule has 0 fully saturated rings. The summed E-state index contributed by atoms with van der Waals surface area (Å²) >= 11 is 3.51. The average Bonchev–Trinajstić information content (AvgIpc) is 3.71. The highest BCUT2D eigenvalue weighted by Crippen LogP contribution is 2.34. The van der Waals surface area contributed by atoms with Crippen LogP contribution in [0.25, 0.3) is 54.7 Å². The number of hydrogen-bond acceptors (Lipinski definition) is 3. The molecule has 0 unspecified atom stereocenters. The van der Waals surface area contributed by atoms with Gasteiger partial charge in [-0.05, 0) is 84.1 Å². The van der Waals surface area contributed by atoms with Crippen molar-refractivity contribution in [3.05, 3.63) is 101 Å². The number of nitrogens with one attached hydrogen (secondary N) is 2. The van der Waals surface area contributed by atoms with Crippen LogP contribution in [0.2, 0.25) is 0 Å². The summed E-state index contributed by atoms with van der Waals surface area (Å²) in [6, 6.07) is 23.6. The third-order valence-electron chi connectivity index (χ3n) is 7.85. The molecule has 0 saturated carbocycles. The smallest absolute Gasteiger partial charge is 0.122 e. The molecule has 1 aliphatic heterocycles. The van der Waals surface area contributed by atoms with E-state index < -0.39 is 0 Å². The van der Waals surface area contributed by atoms with Crippen molar-refractivity contribution in [1.29, 1.82) is 0 Å². The minimum atomic E-state index is 0.799. The molecule has 0 aliphatic carbocycles. The van der Waals surface area contributed by atoms with Gasteiger partial charge < -0.3 is 14.7 Å². The Morgan fingerprint density at radius 3 is 1.98 bits per heavy atom. The Kier molecular flexibility index (Phi) is 6.28. The first-order valence-electron chi connectivity index (χ1n) is 13.8. The van der Waals surface area contributed by atoms with Gasteiger partial charge in [-0.2, -0.15) is 0 Å². The average molecular weight is 590 g/mol. The van der Waals surface area contributed by atoms with Gasteiger partial charge in [-0.1, -0.05) is 41.9 Å². The molecule has 0 radical (unpaired) electrons. The number of aromatic amines is 2. The predicted octanol–water partition coefficient (Wildman–Crippen LogP) is 8.92. The maximum absolute atomic E-state index is 5.62. The van der Waals surface area contributed by atoms with E-state index in [9.17, 15) is 0 Å². The summed E-state index contributed by atoms with van der Waals surface area (Å²) < 4.78 is 6.73. The lowest BCUT2D eigenvalue weighted by molar-refractivity contribution is 0.357. The van der Waals surface area contributed by atoms with Crippen molar-refractivity contribution < 1.29 is 4.74 Å². The molecule has 8 rings (SSSR count). The number of hydrogen-bond donors (Lipinski definition) is 2. The molecule has 3 aromatic carbocycles. The summed E-state index contributed by atoms with van der Waals surface area (Å²) in [6.07, 6.45) is 6.68. The number of aromatic nitrogens is 4. The summed E-state index contributed by atoms with van der Waals surface area (Å²) in [4.78, 5) is 15.9. The van der Waals surface area contributed by atoms with Gasteiger partial charge in [0.2, 0.25) is 0 Å². The van der Waals surface area contributed by atoms with Crippen molar-refractivity contribution in [2.24, 2.45) is 0 Å². The van der Waals surface area contributed by atoms with Gasteiger partial charge in [0.15, 0.2) is 0 Å². The van der Waals surface area contributed by atoms with Crippen molar-refractivity contribution in [2.75, 3.05) is 6.61 Å². The van der Waals surface area contributed by atoms with E-state index in [0.29, 0.717) is 0 Å². The van der Waals surface area contributed by atoms with Gasteiger partial charge in [0.1, 0.15) is 5.75 Å². The fourth-order valence-electron chi connectivity index (χ4n) is 5.81. The molecule has 0 bridgehead atoms. The predicted molar refractivity (Wildman–Crippen MR) is 168 cm³/mol. The lowest BCUT2D eigenvalue weighted by atomic mass is 10.00. The molecule has 5 nitrogen and oxygen atoms in total. The molecule has 198 valence electrons. The number of aryl methyl sites for hydroxylation is 2. The standard InChI is InChI=1S/C21H18N2O.C13H11BrN2/c1-2-18-21-16(7-9-22-18)17-12-14(3-5-19(17)23-21)13-4-6-20-15(11-13)8-10-24-20;1-2-11-13-9(5-6-15-11)10-7-8(14)3-4-12(10)16-13/h3-7,9,11-12,23H,2,8,10H2,1H3;3-7,16H,2H2,1H3. The number of ether oxygens (including phenoxy) is 1. The zero-order valence-corrected chi connectivity index (χ0v) is 24.1. The SMILES string of the molecule is CCc1nccc2c1[nH]c1ccc(-c3ccc4c(c3)CCO4)cc12.CCc1nccc2c1[nH]c1ccc(Br)cc12. The van der Waals surface area contributed by atoms with E-state index in [1.54, 1.807) is 0 Å². The van der Waals surface area contributed by atoms with Crippen LogP contribution >= 0.6 is 15.9 Å². The van der Waals surface area contributed by atoms with Crippen molar-refractivity contribution in [3.8, 4) is 16.9 Å². The third kappa shape index (κ3) is 4.23. The minimum absolute atomic E-state index is 0.799. The normalized spacial score (nSPS) is 12.6. The van der Waals surface area contributed by atoms with Crippen LogP contribution in [0.5, 0.6) is 5.75 Å². The van der Waals surface area contributed by atoms with Crippen molar-refractivity contribution >= 4 is 59.5 Å². The van der Waals surface area contributed by atoms with E-state index in [1.807, 2.05) is 12.4 Å². The summed E-state index contributed by atoms with van der Waals surface area (Å²) in [5.74, 6) is 1.03. The largest absolute Gasteiger partial charge is 0.493 e. The number of nitrogens with zero attached hydrogens (tertiary/aromatic N) is 2. The maximum atomic E-state index is 5.62. The Balaban J connectivity index is 0.000000144. The number of halogens is 1. The molecule has 0 spiro atoms. The van der Waals surface area contributed by atoms with Crippen molar-refractivity contribution in [1.82, 2.24) is 19.9 Å². The van der Waals surface area contributed by atoms with Gasteiger partial charge in [-0.15, -0.1) is 0 Å². The molecule has 2 N–H and O–H groups in total. The fourth-order valence-corrected chi connectivity index (χ4v) is 6.17. The first kappa shape index (κ1) is 24.9. The van der Waals surface area contributed by atoms with Crippen LogP contribution in [0, 0.1) is 0 Å². The fraction of sp³-hybridized carbons (Fsp3) is 0.176. The van der Waals surface area contributed by atoms with Crippen LogP contribution in [0.4, 0.5) is 0 Å². The van der Waals surface area contributed by atoms with Gasteiger partial charge in [-0.3, -0.25) is 9.97 Å². The van der Waals surface area contributed by atoms with Gasteiger partial charge in [-0.25, -0.2) is 0 Å². The highest BCUT2D eigenvalue weighted by atomic mass is 79.9. The Morgan fingerprint density at radius 2 is 1.30 bits per heavy atom. The van der Waals surface area contributed by atoms with E-state index in [-0.39, 0.29) is 0 Å². The topological polar surface area (TPSA) is 66.6 Å². The first-order chi connectivity index (χ1) is 19.6. The van der Waals surface area contributed by atoms with E-state index in [0.717, 1.165) is 58.5 Å². The highest BCUT2D eigenvalue weighted by Gasteiger charge is 2.14. The number of H-pyrrole nitrogens is 2. The summed E-state index contributed by atoms with van der Waals surface area (Å²) in [5.41, 5.74) is 10.7. The molecule has 0 atom stereocenters. The zero-order chi connectivity index (χ0) is 27.2. The highest BCUT2D eigenvalue weighted by molar-refractivity contribution is 9.10. The zero-order valence-electron chi connectivity index (χ0n) is 22.5. The lowest BCUT2D eigenvalue weighted by Crippen LogP contribution is -1.86. The van der Waals surface area contributed by atoms with E-state index in [4.69, 9.17) is 4.74 Å². The molecule has 1 aliphatic rings.